The molecular formula is C16H25NO6. The van der Waals surface area contributed by atoms with Crippen LogP contribution in [-0.4, -0.2) is 46.3 Å². The minimum atomic E-state index is -1.28. The van der Waals surface area contributed by atoms with Crippen LogP contribution in [0.2, 0.25) is 0 Å². The van der Waals surface area contributed by atoms with E-state index in [9.17, 15) is 19.5 Å². The van der Waals surface area contributed by atoms with E-state index >= 15 is 0 Å². The van der Waals surface area contributed by atoms with Gasteiger partial charge in [0, 0.05) is 0 Å². The average molecular weight is 327 g/mol. The quantitative estimate of drug-likeness (QED) is 0.594. The smallest absolute Gasteiger partial charge is 0.327 e. The Morgan fingerprint density at radius 2 is 1.43 bits per heavy atom. The van der Waals surface area contributed by atoms with Crippen molar-refractivity contribution in [2.45, 2.75) is 64.8 Å². The Bertz CT molecular complexity index is 526. The molecular weight excluding hydrogens is 302 g/mol. The Morgan fingerprint density at radius 1 is 1.00 bits per heavy atom. The number of nitrogens with one attached hydrogen (secondary N) is 1. The summed E-state index contributed by atoms with van der Waals surface area (Å²) in [5, 5.41) is 11.9. The minimum Gasteiger partial charge on any atom is -0.480 e. The van der Waals surface area contributed by atoms with E-state index in [1.54, 1.807) is 41.5 Å². The van der Waals surface area contributed by atoms with Gasteiger partial charge in [-0.1, -0.05) is 6.58 Å². The van der Waals surface area contributed by atoms with Crippen molar-refractivity contribution >= 4 is 17.9 Å². The number of hydrogen-bond acceptors (Lipinski definition) is 6. The molecule has 1 fully saturated rings. The summed E-state index contributed by atoms with van der Waals surface area (Å²) in [4.78, 5) is 35.9. The zero-order valence-electron chi connectivity index (χ0n) is 14.4. The molecule has 0 saturated carbocycles. The predicted molar refractivity (Wildman–Crippen MR) is 82.7 cm³/mol. The Labute approximate surface area is 136 Å². The number of aliphatic carboxylic acids is 1. The number of hydrogen-bond donors (Lipinski definition) is 2. The lowest BCUT2D eigenvalue weighted by Crippen LogP contribution is -2.44. The maximum Gasteiger partial charge on any atom is 0.327 e. The number of rotatable bonds is 3. The van der Waals surface area contributed by atoms with E-state index in [0.717, 1.165) is 0 Å². The first-order valence-corrected chi connectivity index (χ1v) is 7.36. The maximum absolute atomic E-state index is 12.3. The number of esters is 2. The van der Waals surface area contributed by atoms with Crippen molar-refractivity contribution in [3.05, 3.63) is 12.2 Å². The Hall–Kier alpha value is -1.89. The van der Waals surface area contributed by atoms with E-state index in [1.165, 1.54) is 0 Å². The van der Waals surface area contributed by atoms with Crippen molar-refractivity contribution in [1.82, 2.24) is 5.32 Å². The first-order valence-electron chi connectivity index (χ1n) is 7.36. The van der Waals surface area contributed by atoms with E-state index in [4.69, 9.17) is 9.47 Å². The van der Waals surface area contributed by atoms with Crippen LogP contribution in [0.1, 0.15) is 41.5 Å². The van der Waals surface area contributed by atoms with Gasteiger partial charge >= 0.3 is 17.9 Å². The van der Waals surface area contributed by atoms with Gasteiger partial charge in [0.2, 0.25) is 0 Å². The Balaban J connectivity index is 3.02. The molecule has 0 radical (unpaired) electrons. The fourth-order valence-electron chi connectivity index (χ4n) is 2.22. The van der Waals surface area contributed by atoms with Gasteiger partial charge in [-0.05, 0) is 47.1 Å². The van der Waals surface area contributed by atoms with Crippen LogP contribution in [0.15, 0.2) is 12.2 Å². The van der Waals surface area contributed by atoms with Crippen LogP contribution in [-0.2, 0) is 23.9 Å². The molecule has 1 aliphatic rings. The summed E-state index contributed by atoms with van der Waals surface area (Å²) in [5.74, 6) is -3.80. The zero-order chi connectivity index (χ0) is 18.2. The fourth-order valence-corrected chi connectivity index (χ4v) is 2.22. The lowest BCUT2D eigenvalue weighted by molar-refractivity contribution is -0.162. The SMILES string of the molecule is C=C1C(C(=O)OC(C)(C)C)NC(C(=O)O)C1C(=O)OC(C)(C)C. The van der Waals surface area contributed by atoms with Crippen LogP contribution in [0.5, 0.6) is 0 Å². The molecule has 23 heavy (non-hydrogen) atoms. The zero-order valence-corrected chi connectivity index (χ0v) is 14.4. The highest BCUT2D eigenvalue weighted by Crippen LogP contribution is 2.30. The maximum atomic E-state index is 12.3. The largest absolute Gasteiger partial charge is 0.480 e. The highest BCUT2D eigenvalue weighted by Gasteiger charge is 2.50. The molecule has 0 aromatic heterocycles. The van der Waals surface area contributed by atoms with E-state index in [1.807, 2.05) is 0 Å². The molecule has 0 bridgehead atoms. The topological polar surface area (TPSA) is 102 Å². The third-order valence-electron chi connectivity index (χ3n) is 3.02. The molecule has 130 valence electrons. The summed E-state index contributed by atoms with van der Waals surface area (Å²) in [6, 6.07) is -2.34. The van der Waals surface area contributed by atoms with Gasteiger partial charge in [0.15, 0.2) is 0 Å². The van der Waals surface area contributed by atoms with Gasteiger partial charge in [-0.25, -0.2) is 4.79 Å². The second-order valence-electron chi connectivity index (χ2n) is 7.54. The predicted octanol–water partition coefficient (Wildman–Crippen LogP) is 1.27. The van der Waals surface area contributed by atoms with Gasteiger partial charge in [0.25, 0.3) is 0 Å². The third-order valence-corrected chi connectivity index (χ3v) is 3.02. The van der Waals surface area contributed by atoms with Crippen molar-refractivity contribution < 1.29 is 29.0 Å². The first-order chi connectivity index (χ1) is 10.2. The first kappa shape index (κ1) is 19.2. The van der Waals surface area contributed by atoms with Gasteiger partial charge in [-0.15, -0.1) is 0 Å². The summed E-state index contributed by atoms with van der Waals surface area (Å²) in [6.45, 7) is 13.8. The minimum absolute atomic E-state index is 0.140. The summed E-state index contributed by atoms with van der Waals surface area (Å²) >= 11 is 0. The van der Waals surface area contributed by atoms with E-state index in [2.05, 4.69) is 11.9 Å². The highest BCUT2D eigenvalue weighted by molar-refractivity contribution is 5.92. The van der Waals surface area contributed by atoms with Crippen LogP contribution < -0.4 is 5.32 Å². The Morgan fingerprint density at radius 3 is 1.83 bits per heavy atom. The molecule has 1 heterocycles. The molecule has 0 amide bonds. The molecule has 0 aromatic carbocycles. The number of carbonyl (C=O) groups is 3. The summed E-state index contributed by atoms with van der Waals surface area (Å²) in [5.41, 5.74) is -1.37. The molecule has 0 aromatic rings. The van der Waals surface area contributed by atoms with E-state index in [0.29, 0.717) is 0 Å². The molecule has 3 atom stereocenters. The van der Waals surface area contributed by atoms with Gasteiger partial charge in [-0.3, -0.25) is 14.9 Å². The van der Waals surface area contributed by atoms with Gasteiger partial charge < -0.3 is 14.6 Å². The van der Waals surface area contributed by atoms with Crippen LogP contribution in [0, 0.1) is 5.92 Å². The van der Waals surface area contributed by atoms with Crippen LogP contribution >= 0.6 is 0 Å². The second-order valence-corrected chi connectivity index (χ2v) is 7.54. The monoisotopic (exact) mass is 327 g/mol. The lowest BCUT2D eigenvalue weighted by atomic mass is 9.94. The highest BCUT2D eigenvalue weighted by atomic mass is 16.6. The van der Waals surface area contributed by atoms with Crippen LogP contribution in [0.25, 0.3) is 0 Å². The molecule has 0 spiro atoms. The fraction of sp³-hybridized carbons (Fsp3) is 0.688. The van der Waals surface area contributed by atoms with Crippen molar-refractivity contribution in [1.29, 1.82) is 0 Å². The molecule has 2 N–H and O–H groups in total. The summed E-state index contributed by atoms with van der Waals surface area (Å²) in [7, 11) is 0. The van der Waals surface area contributed by atoms with Crippen molar-refractivity contribution in [3.63, 3.8) is 0 Å². The molecule has 7 heteroatoms. The Kier molecular flexibility index (Phi) is 5.26. The molecule has 3 unspecified atom stereocenters. The van der Waals surface area contributed by atoms with Crippen molar-refractivity contribution in [2.24, 2.45) is 5.92 Å². The molecule has 0 aliphatic carbocycles. The molecule has 1 rings (SSSR count). The number of carboxylic acids is 1. The number of ether oxygens (including phenoxy) is 2. The van der Waals surface area contributed by atoms with E-state index in [-0.39, 0.29) is 5.57 Å². The number of carbonyl (C=O) groups excluding carboxylic acids is 2. The second kappa shape index (κ2) is 6.31. The van der Waals surface area contributed by atoms with E-state index < -0.39 is 47.1 Å². The third kappa shape index (κ3) is 5.06. The average Bonchev–Trinajstić information content (AvgIpc) is 2.62. The summed E-state index contributed by atoms with van der Waals surface area (Å²) < 4.78 is 10.5. The standard InChI is InChI=1S/C16H25NO6/c1-8-9(13(20)22-15(2,3)4)11(12(18)19)17-10(8)14(21)23-16(5,6)7/h9-11,17H,1H2,2-7H3,(H,18,19). The molecule has 1 aliphatic heterocycles. The van der Waals surface area contributed by atoms with Gasteiger partial charge in [-0.2, -0.15) is 0 Å². The van der Waals surface area contributed by atoms with Crippen LogP contribution in [0.4, 0.5) is 0 Å². The van der Waals surface area contributed by atoms with Gasteiger partial charge in [0.1, 0.15) is 29.2 Å². The van der Waals surface area contributed by atoms with Crippen LogP contribution in [0.3, 0.4) is 0 Å². The summed E-state index contributed by atoms with van der Waals surface area (Å²) in [6.07, 6.45) is 0. The van der Waals surface area contributed by atoms with Gasteiger partial charge in [0.05, 0.1) is 0 Å². The van der Waals surface area contributed by atoms with Crippen molar-refractivity contribution in [3.8, 4) is 0 Å². The normalized spacial score (nSPS) is 25.1. The number of carboxylic acid groups (broad SMARTS) is 1. The molecule has 1 saturated heterocycles. The van der Waals surface area contributed by atoms with Crippen molar-refractivity contribution in [2.75, 3.05) is 0 Å². The molecule has 7 nitrogen and oxygen atoms in total. The lowest BCUT2D eigenvalue weighted by Gasteiger charge is -2.24.